The number of nitrogens with zero attached hydrogens (tertiary/aromatic N) is 1. The van der Waals surface area contributed by atoms with Crippen molar-refractivity contribution in [2.75, 3.05) is 6.79 Å². The molecule has 1 aromatic carbocycles. The maximum absolute atomic E-state index is 5.47. The molecule has 0 atom stereocenters. The Hall–Kier alpha value is -1.94. The lowest BCUT2D eigenvalue weighted by molar-refractivity contribution is 0.173. The van der Waals surface area contributed by atoms with Crippen LogP contribution in [-0.4, -0.2) is 11.4 Å². The number of aromatic nitrogens is 1. The molecule has 1 aliphatic heterocycles. The van der Waals surface area contributed by atoms with E-state index in [9.17, 15) is 0 Å². The van der Waals surface area contributed by atoms with E-state index in [1.165, 1.54) is 5.56 Å². The van der Waals surface area contributed by atoms with Crippen LogP contribution in [0.2, 0.25) is 0 Å². The van der Waals surface area contributed by atoms with Gasteiger partial charge in [0.1, 0.15) is 0 Å². The van der Waals surface area contributed by atoms with Crippen LogP contribution < -0.4 is 14.8 Å². The summed E-state index contributed by atoms with van der Waals surface area (Å²) in [6, 6.07) is 8.10. The van der Waals surface area contributed by atoms with Gasteiger partial charge in [-0.3, -0.25) is 0 Å². The Morgan fingerprint density at radius 3 is 3.00 bits per heavy atom. The molecule has 1 aromatic heterocycles. The summed E-state index contributed by atoms with van der Waals surface area (Å²) in [7, 11) is 2.03. The highest BCUT2D eigenvalue weighted by Gasteiger charge is 2.16. The van der Waals surface area contributed by atoms with E-state index in [-0.39, 0.29) is 0 Å². The van der Waals surface area contributed by atoms with Gasteiger partial charge in [0.25, 0.3) is 0 Å². The number of hydrogen-bond donors (Lipinski definition) is 1. The second-order valence-corrected chi connectivity index (χ2v) is 4.44. The summed E-state index contributed by atoms with van der Waals surface area (Å²) in [4.78, 5) is 0. The summed E-state index contributed by atoms with van der Waals surface area (Å²) >= 11 is 0. The highest BCUT2D eigenvalue weighted by atomic mass is 16.7. The Labute approximate surface area is 106 Å². The topological polar surface area (TPSA) is 35.4 Å². The van der Waals surface area contributed by atoms with Crippen LogP contribution in [0.1, 0.15) is 11.1 Å². The van der Waals surface area contributed by atoms with Crippen molar-refractivity contribution in [2.24, 2.45) is 7.05 Å². The lowest BCUT2D eigenvalue weighted by Crippen LogP contribution is -2.12. The van der Waals surface area contributed by atoms with E-state index in [2.05, 4.69) is 23.6 Å². The zero-order valence-corrected chi connectivity index (χ0v) is 10.3. The second kappa shape index (κ2) is 4.74. The van der Waals surface area contributed by atoms with Crippen molar-refractivity contribution < 1.29 is 9.47 Å². The van der Waals surface area contributed by atoms with E-state index >= 15 is 0 Å². The molecule has 4 nitrogen and oxygen atoms in total. The van der Waals surface area contributed by atoms with Crippen LogP contribution in [0.25, 0.3) is 0 Å². The minimum atomic E-state index is 0.324. The van der Waals surface area contributed by atoms with Gasteiger partial charge in [-0.05, 0) is 17.7 Å². The van der Waals surface area contributed by atoms with Crippen molar-refractivity contribution in [2.45, 2.75) is 13.1 Å². The highest BCUT2D eigenvalue weighted by Crippen LogP contribution is 2.35. The van der Waals surface area contributed by atoms with Crippen molar-refractivity contribution in [1.82, 2.24) is 9.88 Å². The third kappa shape index (κ3) is 2.19. The molecule has 4 heteroatoms. The highest BCUT2D eigenvalue weighted by molar-refractivity contribution is 5.48. The normalized spacial score (nSPS) is 12.9. The van der Waals surface area contributed by atoms with Crippen LogP contribution in [0, 0.1) is 0 Å². The number of aryl methyl sites for hydroxylation is 1. The fourth-order valence-corrected chi connectivity index (χ4v) is 2.14. The van der Waals surface area contributed by atoms with Gasteiger partial charge in [0, 0.05) is 38.1 Å². The summed E-state index contributed by atoms with van der Waals surface area (Å²) in [6.07, 6.45) is 4.16. The zero-order valence-electron chi connectivity index (χ0n) is 10.3. The van der Waals surface area contributed by atoms with E-state index in [0.29, 0.717) is 6.79 Å². The number of nitrogens with one attached hydrogen (secondary N) is 1. The van der Waals surface area contributed by atoms with Gasteiger partial charge >= 0.3 is 0 Å². The fourth-order valence-electron chi connectivity index (χ4n) is 2.14. The fraction of sp³-hybridized carbons (Fsp3) is 0.286. The van der Waals surface area contributed by atoms with Gasteiger partial charge in [-0.1, -0.05) is 12.1 Å². The number of fused-ring (bicyclic) bond motifs is 1. The summed E-state index contributed by atoms with van der Waals surface area (Å²) in [5, 5.41) is 3.41. The molecule has 0 fully saturated rings. The molecular formula is C14H16N2O2. The van der Waals surface area contributed by atoms with Crippen molar-refractivity contribution in [3.63, 3.8) is 0 Å². The average molecular weight is 244 g/mol. The zero-order chi connectivity index (χ0) is 12.4. The predicted octanol–water partition coefficient (Wildman–Crippen LogP) is 2.04. The molecule has 2 aromatic rings. The average Bonchev–Trinajstić information content (AvgIpc) is 2.98. The van der Waals surface area contributed by atoms with E-state index < -0.39 is 0 Å². The number of hydrogen-bond acceptors (Lipinski definition) is 3. The first-order valence-corrected chi connectivity index (χ1v) is 6.02. The second-order valence-electron chi connectivity index (χ2n) is 4.44. The Morgan fingerprint density at radius 1 is 1.22 bits per heavy atom. The quantitative estimate of drug-likeness (QED) is 0.894. The Balaban J connectivity index is 1.62. The largest absolute Gasteiger partial charge is 0.454 e. The van der Waals surface area contributed by atoms with Gasteiger partial charge in [0.05, 0.1) is 0 Å². The first-order valence-electron chi connectivity index (χ1n) is 6.02. The molecule has 94 valence electrons. The van der Waals surface area contributed by atoms with Crippen LogP contribution in [0.5, 0.6) is 11.5 Å². The molecule has 0 saturated carbocycles. The predicted molar refractivity (Wildman–Crippen MR) is 68.5 cm³/mol. The molecule has 0 amide bonds. The van der Waals surface area contributed by atoms with Crippen molar-refractivity contribution in [3.8, 4) is 11.5 Å². The van der Waals surface area contributed by atoms with Crippen LogP contribution >= 0.6 is 0 Å². The van der Waals surface area contributed by atoms with E-state index in [1.54, 1.807) is 0 Å². The molecule has 2 heterocycles. The van der Waals surface area contributed by atoms with Gasteiger partial charge in [-0.2, -0.15) is 0 Å². The summed E-state index contributed by atoms with van der Waals surface area (Å²) < 4.78 is 12.9. The van der Waals surface area contributed by atoms with Crippen LogP contribution in [0.3, 0.4) is 0 Å². The molecule has 0 radical (unpaired) electrons. The molecule has 0 spiro atoms. The van der Waals surface area contributed by atoms with Crippen LogP contribution in [-0.2, 0) is 20.1 Å². The Bertz CT molecular complexity index is 548. The molecule has 0 saturated heterocycles. The molecule has 1 aliphatic rings. The number of para-hydroxylation sites is 1. The van der Waals surface area contributed by atoms with Crippen molar-refractivity contribution in [1.29, 1.82) is 0 Å². The molecule has 3 rings (SSSR count). The smallest absolute Gasteiger partial charge is 0.231 e. The summed E-state index contributed by atoms with van der Waals surface area (Å²) in [5.74, 6) is 1.71. The van der Waals surface area contributed by atoms with Crippen LogP contribution in [0.4, 0.5) is 0 Å². The number of benzene rings is 1. The molecule has 0 unspecified atom stereocenters. The summed E-state index contributed by atoms with van der Waals surface area (Å²) in [6.45, 7) is 1.96. The van der Waals surface area contributed by atoms with Gasteiger partial charge in [-0.25, -0.2) is 0 Å². The molecule has 1 N–H and O–H groups in total. The van der Waals surface area contributed by atoms with Gasteiger partial charge < -0.3 is 19.4 Å². The standard InChI is InChI=1S/C14H16N2O2/c1-16-6-5-11(9-16)7-15-8-12-3-2-4-13-14(12)18-10-17-13/h2-6,9,15H,7-8,10H2,1H3. The number of rotatable bonds is 4. The SMILES string of the molecule is Cn1ccc(CNCc2cccc3c2OCO3)c1. The first-order chi connectivity index (χ1) is 8.83. The van der Waals surface area contributed by atoms with Crippen molar-refractivity contribution >= 4 is 0 Å². The number of ether oxygens (including phenoxy) is 2. The van der Waals surface area contributed by atoms with Crippen molar-refractivity contribution in [3.05, 3.63) is 47.8 Å². The van der Waals surface area contributed by atoms with E-state index in [0.717, 1.165) is 30.2 Å². The van der Waals surface area contributed by atoms with E-state index in [1.807, 2.05) is 29.9 Å². The maximum Gasteiger partial charge on any atom is 0.231 e. The lowest BCUT2D eigenvalue weighted by atomic mass is 10.2. The molecule has 18 heavy (non-hydrogen) atoms. The van der Waals surface area contributed by atoms with Gasteiger partial charge in [-0.15, -0.1) is 0 Å². The van der Waals surface area contributed by atoms with Crippen LogP contribution in [0.15, 0.2) is 36.7 Å². The van der Waals surface area contributed by atoms with Gasteiger partial charge in [0.15, 0.2) is 11.5 Å². The third-order valence-corrected chi connectivity index (χ3v) is 3.02. The molecule has 0 bridgehead atoms. The monoisotopic (exact) mass is 244 g/mol. The van der Waals surface area contributed by atoms with E-state index in [4.69, 9.17) is 9.47 Å². The van der Waals surface area contributed by atoms with Gasteiger partial charge in [0.2, 0.25) is 6.79 Å². The molecular weight excluding hydrogens is 228 g/mol. The Kier molecular flexibility index (Phi) is 2.94. The Morgan fingerprint density at radius 2 is 2.17 bits per heavy atom. The molecule has 0 aliphatic carbocycles. The minimum Gasteiger partial charge on any atom is -0.454 e. The maximum atomic E-state index is 5.47. The first kappa shape index (κ1) is 11.2. The lowest BCUT2D eigenvalue weighted by Gasteiger charge is -2.06. The summed E-state index contributed by atoms with van der Waals surface area (Å²) in [5.41, 5.74) is 2.42. The minimum absolute atomic E-state index is 0.324. The third-order valence-electron chi connectivity index (χ3n) is 3.02.